The maximum atomic E-state index is 13.5. The maximum Gasteiger partial charge on any atom is 0.444 e. The van der Waals surface area contributed by atoms with Gasteiger partial charge in [-0.15, -0.1) is 0 Å². The lowest BCUT2D eigenvalue weighted by Gasteiger charge is -2.25. The van der Waals surface area contributed by atoms with Crippen molar-refractivity contribution in [2.45, 2.75) is 33.4 Å². The zero-order valence-corrected chi connectivity index (χ0v) is 15.8. The van der Waals surface area contributed by atoms with Crippen LogP contribution < -0.4 is 9.05 Å². The molecule has 5 nitrogen and oxygen atoms in total. The van der Waals surface area contributed by atoms with E-state index in [2.05, 4.69) is 0 Å². The van der Waals surface area contributed by atoms with Crippen molar-refractivity contribution in [3.05, 3.63) is 59.7 Å². The number of carbonyl (C=O) groups is 1. The molecule has 0 radical (unpaired) electrons. The molecule has 25 heavy (non-hydrogen) atoms. The highest BCUT2D eigenvalue weighted by Gasteiger charge is 2.42. The number of hydrogen-bond acceptors (Lipinski definition) is 5. The number of para-hydroxylation sites is 2. The number of aryl methyl sites for hydroxylation is 2. The van der Waals surface area contributed by atoms with Crippen LogP contribution in [0, 0.1) is 13.8 Å². The van der Waals surface area contributed by atoms with Crippen molar-refractivity contribution >= 4 is 13.6 Å². The molecule has 1 unspecified atom stereocenters. The van der Waals surface area contributed by atoms with E-state index in [0.717, 1.165) is 11.1 Å². The lowest BCUT2D eigenvalue weighted by Crippen LogP contribution is -2.25. The third-order valence-corrected chi connectivity index (χ3v) is 5.80. The van der Waals surface area contributed by atoms with Crippen molar-refractivity contribution in [2.24, 2.45) is 0 Å². The Labute approximate surface area is 148 Å². The first-order valence-electron chi connectivity index (χ1n) is 8.14. The zero-order valence-electron chi connectivity index (χ0n) is 14.9. The minimum atomic E-state index is -3.87. The van der Waals surface area contributed by atoms with Crippen LogP contribution in [0.1, 0.15) is 25.0 Å². The van der Waals surface area contributed by atoms with Gasteiger partial charge in [0.2, 0.25) is 0 Å². The molecule has 0 fully saturated rings. The summed E-state index contributed by atoms with van der Waals surface area (Å²) in [5.41, 5.74) is 0.533. The number of benzene rings is 2. The van der Waals surface area contributed by atoms with Crippen LogP contribution in [-0.4, -0.2) is 18.2 Å². The van der Waals surface area contributed by atoms with Gasteiger partial charge in [-0.25, -0.2) is 4.57 Å². The van der Waals surface area contributed by atoms with Crippen LogP contribution in [0.15, 0.2) is 48.5 Å². The molecule has 0 saturated carbocycles. The van der Waals surface area contributed by atoms with Gasteiger partial charge >= 0.3 is 13.6 Å². The van der Waals surface area contributed by atoms with Crippen molar-refractivity contribution < 1.29 is 23.1 Å². The third kappa shape index (κ3) is 4.64. The number of rotatable bonds is 7. The molecule has 0 heterocycles. The Hall–Kier alpha value is -2.26. The van der Waals surface area contributed by atoms with E-state index in [4.69, 9.17) is 13.8 Å². The van der Waals surface area contributed by atoms with Gasteiger partial charge in [-0.05, 0) is 51.0 Å². The average molecular weight is 362 g/mol. The van der Waals surface area contributed by atoms with Gasteiger partial charge in [0.25, 0.3) is 0 Å². The van der Waals surface area contributed by atoms with Crippen molar-refractivity contribution in [3.8, 4) is 11.5 Å². The summed E-state index contributed by atoms with van der Waals surface area (Å²) in [6.07, 6.45) is 0. The van der Waals surface area contributed by atoms with Gasteiger partial charge in [-0.2, -0.15) is 0 Å². The van der Waals surface area contributed by atoms with E-state index < -0.39 is 19.2 Å². The highest BCUT2D eigenvalue weighted by atomic mass is 31.2. The summed E-state index contributed by atoms with van der Waals surface area (Å²) in [6.45, 7) is 7.05. The SMILES string of the molecule is CCOC(=O)C(C)P(=O)(Oc1ccccc1C)Oc1ccccc1C. The molecule has 0 aliphatic rings. The summed E-state index contributed by atoms with van der Waals surface area (Å²) >= 11 is 0. The zero-order chi connectivity index (χ0) is 18.4. The molecule has 2 rings (SSSR count). The van der Waals surface area contributed by atoms with Crippen LogP contribution >= 0.6 is 7.60 Å². The van der Waals surface area contributed by atoms with Crippen LogP contribution in [-0.2, 0) is 14.1 Å². The molecule has 0 aromatic heterocycles. The van der Waals surface area contributed by atoms with Crippen LogP contribution in [0.5, 0.6) is 11.5 Å². The van der Waals surface area contributed by atoms with Crippen LogP contribution in [0.2, 0.25) is 0 Å². The van der Waals surface area contributed by atoms with Crippen LogP contribution in [0.25, 0.3) is 0 Å². The standard InChI is InChI=1S/C19H23O5P/c1-5-22-19(20)16(4)25(21,23-17-12-8-6-10-14(17)2)24-18-13-9-7-11-15(18)3/h6-13,16H,5H2,1-4H3. The van der Waals surface area contributed by atoms with E-state index in [9.17, 15) is 9.36 Å². The van der Waals surface area contributed by atoms with Gasteiger partial charge in [-0.1, -0.05) is 36.4 Å². The predicted octanol–water partition coefficient (Wildman–Crippen LogP) is 4.91. The molecule has 6 heteroatoms. The molecular formula is C19H23O5P. The first kappa shape index (κ1) is 19.1. The van der Waals surface area contributed by atoms with Crippen LogP contribution in [0.3, 0.4) is 0 Å². The monoisotopic (exact) mass is 362 g/mol. The van der Waals surface area contributed by atoms with E-state index in [1.165, 1.54) is 6.92 Å². The van der Waals surface area contributed by atoms with E-state index in [1.54, 1.807) is 31.2 Å². The van der Waals surface area contributed by atoms with Crippen molar-refractivity contribution in [1.29, 1.82) is 0 Å². The number of esters is 1. The van der Waals surface area contributed by atoms with E-state index in [-0.39, 0.29) is 6.61 Å². The van der Waals surface area contributed by atoms with Gasteiger partial charge in [0.05, 0.1) is 6.61 Å². The fourth-order valence-corrected chi connectivity index (χ4v) is 3.80. The van der Waals surface area contributed by atoms with Crippen molar-refractivity contribution in [2.75, 3.05) is 6.61 Å². The normalized spacial score (nSPS) is 12.3. The number of carbonyl (C=O) groups excluding carboxylic acids is 1. The smallest absolute Gasteiger partial charge is 0.444 e. The minimum Gasteiger partial charge on any atom is -0.465 e. The lowest BCUT2D eigenvalue weighted by atomic mass is 10.2. The fourth-order valence-electron chi connectivity index (χ4n) is 2.16. The molecule has 1 atom stereocenters. The number of hydrogen-bond donors (Lipinski definition) is 0. The largest absolute Gasteiger partial charge is 0.465 e. The molecule has 0 saturated heterocycles. The summed E-state index contributed by atoms with van der Waals surface area (Å²) in [5.74, 6) is 0.208. The third-order valence-electron chi connectivity index (χ3n) is 3.74. The second kappa shape index (κ2) is 8.21. The van der Waals surface area contributed by atoms with Crippen molar-refractivity contribution in [3.63, 3.8) is 0 Å². The Morgan fingerprint density at radius 2 is 1.40 bits per heavy atom. The van der Waals surface area contributed by atoms with Crippen LogP contribution in [0.4, 0.5) is 0 Å². The molecule has 0 amide bonds. The molecule has 2 aromatic carbocycles. The second-order valence-electron chi connectivity index (χ2n) is 5.68. The lowest BCUT2D eigenvalue weighted by molar-refractivity contribution is -0.142. The molecule has 134 valence electrons. The highest BCUT2D eigenvalue weighted by Crippen LogP contribution is 2.54. The molecule has 0 N–H and O–H groups in total. The summed E-state index contributed by atoms with van der Waals surface area (Å²) < 4.78 is 30.0. The summed E-state index contributed by atoms with van der Waals surface area (Å²) in [4.78, 5) is 12.2. The maximum absolute atomic E-state index is 13.5. The van der Waals surface area contributed by atoms with Gasteiger partial charge < -0.3 is 13.8 Å². The molecule has 2 aromatic rings. The average Bonchev–Trinajstić information content (AvgIpc) is 2.58. The predicted molar refractivity (Wildman–Crippen MR) is 97.3 cm³/mol. The Kier molecular flexibility index (Phi) is 6.27. The first-order valence-corrected chi connectivity index (χ1v) is 9.75. The topological polar surface area (TPSA) is 61.8 Å². The van der Waals surface area contributed by atoms with Crippen molar-refractivity contribution in [1.82, 2.24) is 0 Å². The Balaban J connectivity index is 2.40. The van der Waals surface area contributed by atoms with E-state index >= 15 is 0 Å². The molecule has 0 aliphatic heterocycles. The van der Waals surface area contributed by atoms with Gasteiger partial charge in [0.15, 0.2) is 5.66 Å². The van der Waals surface area contributed by atoms with Gasteiger partial charge in [0, 0.05) is 0 Å². The number of ether oxygens (including phenoxy) is 1. The Bertz CT molecular complexity index is 735. The first-order chi connectivity index (χ1) is 11.9. The van der Waals surface area contributed by atoms with E-state index in [0.29, 0.717) is 11.5 Å². The minimum absolute atomic E-state index is 0.192. The second-order valence-corrected chi connectivity index (χ2v) is 7.90. The Morgan fingerprint density at radius 3 is 1.80 bits per heavy atom. The Morgan fingerprint density at radius 1 is 0.960 bits per heavy atom. The van der Waals surface area contributed by atoms with E-state index in [1.807, 2.05) is 38.1 Å². The molecule has 0 aliphatic carbocycles. The van der Waals surface area contributed by atoms with Gasteiger partial charge in [0.1, 0.15) is 11.5 Å². The molecule has 0 spiro atoms. The highest BCUT2D eigenvalue weighted by molar-refractivity contribution is 7.56. The summed E-state index contributed by atoms with van der Waals surface area (Å²) in [7, 11) is -3.87. The molecular weight excluding hydrogens is 339 g/mol. The summed E-state index contributed by atoms with van der Waals surface area (Å²) in [5, 5.41) is 0. The quantitative estimate of drug-likeness (QED) is 0.517. The molecule has 0 bridgehead atoms. The fraction of sp³-hybridized carbons (Fsp3) is 0.316. The van der Waals surface area contributed by atoms with Gasteiger partial charge in [-0.3, -0.25) is 4.79 Å². The summed E-state index contributed by atoms with van der Waals surface area (Å²) in [6, 6.07) is 14.3.